The van der Waals surface area contributed by atoms with Gasteiger partial charge in [0.05, 0.1) is 0 Å². The van der Waals surface area contributed by atoms with E-state index in [-0.39, 0.29) is 30.4 Å². The summed E-state index contributed by atoms with van der Waals surface area (Å²) in [6.07, 6.45) is 0.309. The lowest BCUT2D eigenvalue weighted by Crippen LogP contribution is -2.34. The average Bonchev–Trinajstić information content (AvgIpc) is 2.66. The van der Waals surface area contributed by atoms with Crippen LogP contribution in [-0.4, -0.2) is 30.7 Å². The first-order valence-corrected chi connectivity index (χ1v) is 8.68. The molecule has 0 heterocycles. The van der Waals surface area contributed by atoms with Gasteiger partial charge in [-0.3, -0.25) is 14.4 Å². The molecule has 2 aromatic rings. The van der Waals surface area contributed by atoms with E-state index >= 15 is 0 Å². The molecule has 2 aromatic carbocycles. The predicted octanol–water partition coefficient (Wildman–Crippen LogP) is 2.81. The van der Waals surface area contributed by atoms with Gasteiger partial charge in [-0.1, -0.05) is 30.3 Å². The van der Waals surface area contributed by atoms with Gasteiger partial charge in [0.25, 0.3) is 5.91 Å². The van der Waals surface area contributed by atoms with Crippen LogP contribution >= 0.6 is 0 Å². The highest BCUT2D eigenvalue weighted by Crippen LogP contribution is 2.12. The Morgan fingerprint density at radius 1 is 0.769 bits per heavy atom. The number of aryl methyl sites for hydroxylation is 2. The Kier molecular flexibility index (Phi) is 7.09. The van der Waals surface area contributed by atoms with Crippen LogP contribution < -0.4 is 10.6 Å². The topological polar surface area (TPSA) is 75.3 Å². The number of hydrogen-bond donors (Lipinski definition) is 2. The molecular weight excluding hydrogens is 328 g/mol. The van der Waals surface area contributed by atoms with Crippen LogP contribution in [0.5, 0.6) is 0 Å². The zero-order chi connectivity index (χ0) is 18.9. The number of carbonyl (C=O) groups is 3. The minimum atomic E-state index is -0.198. The molecule has 26 heavy (non-hydrogen) atoms. The molecule has 0 unspecified atom stereocenters. The minimum absolute atomic E-state index is 0.0411. The van der Waals surface area contributed by atoms with Gasteiger partial charge in [0, 0.05) is 37.1 Å². The molecule has 136 valence electrons. The molecule has 0 aliphatic carbocycles. The Balaban J connectivity index is 1.66. The first kappa shape index (κ1) is 19.4. The average molecular weight is 352 g/mol. The standard InChI is InChI=1S/C21H24N2O3/c1-15-8-9-18(14-16(15)2)19(24)10-11-20(25)22-12-13-23-21(26)17-6-4-3-5-7-17/h3-9,14H,10-13H2,1-2H3,(H,22,25)(H,23,26). The van der Waals surface area contributed by atoms with Crippen LogP contribution in [0.4, 0.5) is 0 Å². The van der Waals surface area contributed by atoms with E-state index in [0.29, 0.717) is 24.2 Å². The number of ketones is 1. The highest BCUT2D eigenvalue weighted by Gasteiger charge is 2.10. The number of nitrogens with one attached hydrogen (secondary N) is 2. The second kappa shape index (κ2) is 9.51. The van der Waals surface area contributed by atoms with E-state index in [1.807, 2.05) is 32.0 Å². The Hall–Kier alpha value is -2.95. The smallest absolute Gasteiger partial charge is 0.251 e. The van der Waals surface area contributed by atoms with Gasteiger partial charge in [0.2, 0.25) is 5.91 Å². The van der Waals surface area contributed by atoms with Crippen LogP contribution in [0.1, 0.15) is 44.7 Å². The van der Waals surface area contributed by atoms with Crippen molar-refractivity contribution in [2.45, 2.75) is 26.7 Å². The third-order valence-corrected chi connectivity index (χ3v) is 4.18. The van der Waals surface area contributed by atoms with Gasteiger partial charge >= 0.3 is 0 Å². The maximum Gasteiger partial charge on any atom is 0.251 e. The van der Waals surface area contributed by atoms with Crippen LogP contribution in [0.25, 0.3) is 0 Å². The van der Waals surface area contributed by atoms with Crippen molar-refractivity contribution in [1.82, 2.24) is 10.6 Å². The van der Waals surface area contributed by atoms with E-state index < -0.39 is 0 Å². The Bertz CT molecular complexity index is 785. The summed E-state index contributed by atoms with van der Waals surface area (Å²) < 4.78 is 0. The van der Waals surface area contributed by atoms with Gasteiger partial charge in [-0.25, -0.2) is 0 Å². The van der Waals surface area contributed by atoms with Crippen LogP contribution in [0.2, 0.25) is 0 Å². The molecular formula is C21H24N2O3. The molecule has 0 bridgehead atoms. The molecule has 0 aliphatic rings. The molecule has 0 spiro atoms. The van der Waals surface area contributed by atoms with Crippen molar-refractivity contribution in [1.29, 1.82) is 0 Å². The van der Waals surface area contributed by atoms with Gasteiger partial charge < -0.3 is 10.6 Å². The Morgan fingerprint density at radius 2 is 1.46 bits per heavy atom. The van der Waals surface area contributed by atoms with Gasteiger partial charge in [0.1, 0.15) is 0 Å². The molecule has 0 atom stereocenters. The van der Waals surface area contributed by atoms with E-state index in [4.69, 9.17) is 0 Å². The molecule has 0 saturated carbocycles. The fourth-order valence-electron chi connectivity index (χ4n) is 2.44. The van der Waals surface area contributed by atoms with Gasteiger partial charge in [-0.2, -0.15) is 0 Å². The summed E-state index contributed by atoms with van der Waals surface area (Å²) in [4.78, 5) is 35.8. The van der Waals surface area contributed by atoms with E-state index in [0.717, 1.165) is 11.1 Å². The predicted molar refractivity (Wildman–Crippen MR) is 101 cm³/mol. The maximum absolute atomic E-state index is 12.2. The van der Waals surface area contributed by atoms with Gasteiger partial charge in [-0.05, 0) is 43.2 Å². The number of Topliss-reactive ketones (excluding diaryl/α,β-unsaturated/α-hetero) is 1. The Labute approximate surface area is 153 Å². The SMILES string of the molecule is Cc1ccc(C(=O)CCC(=O)NCCNC(=O)c2ccccc2)cc1C. The summed E-state index contributed by atoms with van der Waals surface area (Å²) in [6, 6.07) is 14.5. The zero-order valence-corrected chi connectivity index (χ0v) is 15.2. The molecule has 2 rings (SSSR count). The summed E-state index contributed by atoms with van der Waals surface area (Å²) in [6.45, 7) is 4.62. The second-order valence-electron chi connectivity index (χ2n) is 6.19. The minimum Gasteiger partial charge on any atom is -0.354 e. The van der Waals surface area contributed by atoms with Crippen LogP contribution in [0.15, 0.2) is 48.5 Å². The summed E-state index contributed by atoms with van der Waals surface area (Å²) >= 11 is 0. The van der Waals surface area contributed by atoms with E-state index in [2.05, 4.69) is 10.6 Å². The normalized spacial score (nSPS) is 10.2. The van der Waals surface area contributed by atoms with E-state index in [1.54, 1.807) is 30.3 Å². The summed E-state index contributed by atoms with van der Waals surface area (Å²) in [5.41, 5.74) is 3.42. The van der Waals surface area contributed by atoms with Crippen molar-refractivity contribution in [3.63, 3.8) is 0 Å². The van der Waals surface area contributed by atoms with Crippen molar-refractivity contribution in [3.05, 3.63) is 70.8 Å². The third-order valence-electron chi connectivity index (χ3n) is 4.18. The molecule has 2 amide bonds. The lowest BCUT2D eigenvalue weighted by atomic mass is 10.0. The number of carbonyl (C=O) groups excluding carboxylic acids is 3. The lowest BCUT2D eigenvalue weighted by Gasteiger charge is -2.08. The first-order valence-electron chi connectivity index (χ1n) is 8.68. The summed E-state index contributed by atoms with van der Waals surface area (Å²) in [7, 11) is 0. The van der Waals surface area contributed by atoms with E-state index in [9.17, 15) is 14.4 Å². The summed E-state index contributed by atoms with van der Waals surface area (Å²) in [5.74, 6) is -0.415. The molecule has 0 radical (unpaired) electrons. The van der Waals surface area contributed by atoms with Crippen molar-refractivity contribution >= 4 is 17.6 Å². The van der Waals surface area contributed by atoms with Crippen molar-refractivity contribution in [3.8, 4) is 0 Å². The maximum atomic E-state index is 12.2. The molecule has 0 aliphatic heterocycles. The van der Waals surface area contributed by atoms with Gasteiger partial charge in [-0.15, -0.1) is 0 Å². The molecule has 0 fully saturated rings. The van der Waals surface area contributed by atoms with E-state index in [1.165, 1.54) is 0 Å². The fourth-order valence-corrected chi connectivity index (χ4v) is 2.44. The quantitative estimate of drug-likeness (QED) is 0.567. The number of rotatable bonds is 8. The monoisotopic (exact) mass is 352 g/mol. The number of hydrogen-bond acceptors (Lipinski definition) is 3. The number of amides is 2. The van der Waals surface area contributed by atoms with Crippen LogP contribution in [0, 0.1) is 13.8 Å². The zero-order valence-electron chi connectivity index (χ0n) is 15.2. The van der Waals surface area contributed by atoms with Gasteiger partial charge in [0.15, 0.2) is 5.78 Å². The molecule has 5 nitrogen and oxygen atoms in total. The fraction of sp³-hybridized carbons (Fsp3) is 0.286. The van der Waals surface area contributed by atoms with Crippen molar-refractivity contribution in [2.75, 3.05) is 13.1 Å². The molecule has 0 saturated heterocycles. The lowest BCUT2D eigenvalue weighted by molar-refractivity contribution is -0.121. The largest absolute Gasteiger partial charge is 0.354 e. The second-order valence-corrected chi connectivity index (χ2v) is 6.19. The van der Waals surface area contributed by atoms with Crippen molar-refractivity contribution in [2.24, 2.45) is 0 Å². The van der Waals surface area contributed by atoms with Crippen LogP contribution in [-0.2, 0) is 4.79 Å². The summed E-state index contributed by atoms with van der Waals surface area (Å²) in [5, 5.41) is 5.45. The molecule has 2 N–H and O–H groups in total. The Morgan fingerprint density at radius 3 is 2.15 bits per heavy atom. The van der Waals surface area contributed by atoms with Crippen LogP contribution in [0.3, 0.4) is 0 Å². The highest BCUT2D eigenvalue weighted by atomic mass is 16.2. The molecule has 0 aromatic heterocycles. The molecule has 5 heteroatoms. The number of benzene rings is 2. The highest BCUT2D eigenvalue weighted by molar-refractivity contribution is 5.98. The van der Waals surface area contributed by atoms with Crippen molar-refractivity contribution < 1.29 is 14.4 Å². The third kappa shape index (κ3) is 5.84. The first-order chi connectivity index (χ1) is 12.5.